The zero-order valence-corrected chi connectivity index (χ0v) is 19.5. The summed E-state index contributed by atoms with van der Waals surface area (Å²) in [7, 11) is 1.88. The Morgan fingerprint density at radius 3 is 2.56 bits per heavy atom. The third kappa shape index (κ3) is 5.94. The molecule has 0 spiro atoms. The lowest BCUT2D eigenvalue weighted by Gasteiger charge is -2.29. The first kappa shape index (κ1) is 23.5. The molecule has 0 fully saturated rings. The highest BCUT2D eigenvalue weighted by Gasteiger charge is 2.17. The molecule has 2 aromatic heterocycles. The number of hydrogen-bond acceptors (Lipinski definition) is 6. The van der Waals surface area contributed by atoms with Crippen LogP contribution in [0.4, 0.5) is 5.82 Å². The molecule has 0 aliphatic heterocycles. The highest BCUT2D eigenvalue weighted by Crippen LogP contribution is 2.20. The number of rotatable bonds is 11. The van der Waals surface area contributed by atoms with E-state index in [-0.39, 0.29) is 6.04 Å². The van der Waals surface area contributed by atoms with Crippen LogP contribution in [0.25, 0.3) is 11.0 Å². The molecule has 9 nitrogen and oxygen atoms in total. The molecule has 0 amide bonds. The molecule has 1 unspecified atom stereocenters. The number of nitrogens with one attached hydrogen (secondary N) is 3. The molecule has 3 aromatic rings. The minimum absolute atomic E-state index is 0.250. The predicted molar refractivity (Wildman–Crippen MR) is 131 cm³/mol. The largest absolute Gasteiger partial charge is 0.368 e. The minimum atomic E-state index is 0.250. The van der Waals surface area contributed by atoms with Crippen molar-refractivity contribution >= 4 is 22.8 Å². The second-order valence-electron chi connectivity index (χ2n) is 7.45. The van der Waals surface area contributed by atoms with E-state index in [1.807, 2.05) is 7.05 Å². The van der Waals surface area contributed by atoms with Crippen molar-refractivity contribution in [3.05, 3.63) is 48.4 Å². The van der Waals surface area contributed by atoms with Crippen LogP contribution in [-0.4, -0.2) is 69.9 Å². The van der Waals surface area contributed by atoms with E-state index in [1.54, 1.807) is 17.2 Å². The van der Waals surface area contributed by atoms with Crippen molar-refractivity contribution in [1.29, 1.82) is 0 Å². The summed E-state index contributed by atoms with van der Waals surface area (Å²) >= 11 is 0. The first-order valence-electron chi connectivity index (χ1n) is 11.4. The Morgan fingerprint density at radius 2 is 1.84 bits per heavy atom. The lowest BCUT2D eigenvalue weighted by Crippen LogP contribution is -2.40. The van der Waals surface area contributed by atoms with Crippen LogP contribution in [0.2, 0.25) is 0 Å². The second-order valence-corrected chi connectivity index (χ2v) is 7.45. The Hall–Kier alpha value is -3.20. The molecule has 1 atom stereocenters. The average Bonchev–Trinajstić information content (AvgIpc) is 3.21. The van der Waals surface area contributed by atoms with Crippen LogP contribution in [0.15, 0.2) is 47.8 Å². The van der Waals surface area contributed by atoms with Crippen LogP contribution >= 0.6 is 0 Å². The molecule has 9 heteroatoms. The second kappa shape index (κ2) is 12.0. The first-order valence-corrected chi connectivity index (χ1v) is 11.4. The average molecular weight is 438 g/mol. The molecular weight excluding hydrogens is 402 g/mol. The number of aromatic nitrogens is 4. The lowest BCUT2D eigenvalue weighted by molar-refractivity contribution is 0.224. The highest BCUT2D eigenvalue weighted by molar-refractivity contribution is 5.86. The number of benzene rings is 1. The summed E-state index contributed by atoms with van der Waals surface area (Å²) in [5.41, 5.74) is 2.11. The summed E-state index contributed by atoms with van der Waals surface area (Å²) in [5.74, 6) is 1.61. The van der Waals surface area contributed by atoms with Crippen molar-refractivity contribution in [2.45, 2.75) is 26.8 Å². The zero-order chi connectivity index (χ0) is 22.8. The maximum absolute atomic E-state index is 4.89. The quantitative estimate of drug-likeness (QED) is 0.241. The van der Waals surface area contributed by atoms with Gasteiger partial charge in [-0.05, 0) is 25.6 Å². The molecule has 2 heterocycles. The third-order valence-electron chi connectivity index (χ3n) is 5.44. The fourth-order valence-electron chi connectivity index (χ4n) is 3.76. The van der Waals surface area contributed by atoms with E-state index in [4.69, 9.17) is 4.99 Å². The van der Waals surface area contributed by atoms with Crippen molar-refractivity contribution in [1.82, 2.24) is 35.3 Å². The molecule has 3 N–H and O–H groups in total. The Kier molecular flexibility index (Phi) is 8.79. The number of fused-ring (bicyclic) bond motifs is 1. The SMILES string of the molecule is CCNC(=NCC(c1ccccc1)N(CC)CC)NCCNc1ncnc2c1cnn2C. The molecule has 3 rings (SSSR count). The maximum atomic E-state index is 4.89. The van der Waals surface area contributed by atoms with E-state index in [0.717, 1.165) is 42.4 Å². The van der Waals surface area contributed by atoms with E-state index in [1.165, 1.54) is 5.56 Å². The molecular formula is C23H35N9. The summed E-state index contributed by atoms with van der Waals surface area (Å²) in [4.78, 5) is 16.0. The number of anilines is 1. The smallest absolute Gasteiger partial charge is 0.191 e. The van der Waals surface area contributed by atoms with Gasteiger partial charge in [0.2, 0.25) is 0 Å². The molecule has 0 saturated carbocycles. The predicted octanol–water partition coefficient (Wildman–Crippen LogP) is 2.41. The van der Waals surface area contributed by atoms with Crippen molar-refractivity contribution in [3.8, 4) is 0 Å². The van der Waals surface area contributed by atoms with Crippen LogP contribution in [0.1, 0.15) is 32.4 Å². The van der Waals surface area contributed by atoms with Gasteiger partial charge in [0.1, 0.15) is 12.1 Å². The van der Waals surface area contributed by atoms with Gasteiger partial charge in [-0.3, -0.25) is 14.6 Å². The van der Waals surface area contributed by atoms with Crippen LogP contribution in [0.3, 0.4) is 0 Å². The standard InChI is InChI=1S/C23H35N9/c1-5-24-23(27-16-20(32(6-2)7-3)18-11-9-8-10-12-18)26-14-13-25-21-19-15-30-31(4)22(19)29-17-28-21/h8-12,15,17,20H,5-7,13-14,16H2,1-4H3,(H2,24,26,27)(H,25,28,29). The summed E-state index contributed by atoms with van der Waals surface area (Å²) < 4.78 is 1.75. The van der Waals surface area contributed by atoms with Crippen LogP contribution in [0, 0.1) is 0 Å². The van der Waals surface area contributed by atoms with E-state index < -0.39 is 0 Å². The molecule has 0 aliphatic rings. The first-order chi connectivity index (χ1) is 15.7. The number of hydrogen-bond donors (Lipinski definition) is 3. The fourth-order valence-corrected chi connectivity index (χ4v) is 3.76. The highest BCUT2D eigenvalue weighted by atomic mass is 15.3. The molecule has 32 heavy (non-hydrogen) atoms. The molecule has 0 bridgehead atoms. The van der Waals surface area contributed by atoms with Gasteiger partial charge in [-0.1, -0.05) is 44.2 Å². The van der Waals surface area contributed by atoms with Gasteiger partial charge in [0.05, 0.1) is 24.2 Å². The van der Waals surface area contributed by atoms with Gasteiger partial charge in [0, 0.05) is 26.7 Å². The van der Waals surface area contributed by atoms with Gasteiger partial charge in [-0.25, -0.2) is 9.97 Å². The Balaban J connectivity index is 1.61. The number of likely N-dealkylation sites (N-methyl/N-ethyl adjacent to an activating group) is 1. The fraction of sp³-hybridized carbons (Fsp3) is 0.478. The van der Waals surface area contributed by atoms with Crippen molar-refractivity contribution in [3.63, 3.8) is 0 Å². The topological polar surface area (TPSA) is 95.3 Å². The minimum Gasteiger partial charge on any atom is -0.368 e. The third-order valence-corrected chi connectivity index (χ3v) is 5.44. The van der Waals surface area contributed by atoms with Gasteiger partial charge in [-0.15, -0.1) is 0 Å². The number of aliphatic imine (C=N–C) groups is 1. The molecule has 1 aromatic carbocycles. The van der Waals surface area contributed by atoms with Gasteiger partial charge >= 0.3 is 0 Å². The summed E-state index contributed by atoms with van der Waals surface area (Å²) in [5, 5.41) is 15.3. The van der Waals surface area contributed by atoms with Crippen molar-refractivity contribution in [2.75, 3.05) is 44.6 Å². The molecule has 172 valence electrons. The lowest BCUT2D eigenvalue weighted by atomic mass is 10.1. The molecule has 0 aliphatic carbocycles. The summed E-state index contributed by atoms with van der Waals surface area (Å²) in [6.07, 6.45) is 3.34. The zero-order valence-electron chi connectivity index (χ0n) is 19.5. The van der Waals surface area contributed by atoms with Crippen molar-refractivity contribution < 1.29 is 0 Å². The van der Waals surface area contributed by atoms with E-state index in [0.29, 0.717) is 19.6 Å². The Morgan fingerprint density at radius 1 is 1.06 bits per heavy atom. The summed E-state index contributed by atoms with van der Waals surface area (Å²) in [6.45, 7) is 11.4. The number of nitrogens with zero attached hydrogens (tertiary/aromatic N) is 6. The van der Waals surface area contributed by atoms with Gasteiger partial charge in [0.15, 0.2) is 11.6 Å². The summed E-state index contributed by atoms with van der Waals surface area (Å²) in [6, 6.07) is 10.9. The van der Waals surface area contributed by atoms with Crippen LogP contribution in [-0.2, 0) is 7.05 Å². The van der Waals surface area contributed by atoms with Crippen LogP contribution in [0.5, 0.6) is 0 Å². The van der Waals surface area contributed by atoms with E-state index in [9.17, 15) is 0 Å². The monoisotopic (exact) mass is 437 g/mol. The van der Waals surface area contributed by atoms with Gasteiger partial charge in [0.25, 0.3) is 0 Å². The van der Waals surface area contributed by atoms with Gasteiger partial charge < -0.3 is 16.0 Å². The van der Waals surface area contributed by atoms with E-state index >= 15 is 0 Å². The molecule has 0 saturated heterocycles. The van der Waals surface area contributed by atoms with Gasteiger partial charge in [-0.2, -0.15) is 5.10 Å². The maximum Gasteiger partial charge on any atom is 0.191 e. The molecule has 0 radical (unpaired) electrons. The number of guanidine groups is 1. The Labute approximate surface area is 190 Å². The van der Waals surface area contributed by atoms with Crippen molar-refractivity contribution in [2.24, 2.45) is 12.0 Å². The Bertz CT molecular complexity index is 980. The normalized spacial score (nSPS) is 12.8. The number of aryl methyl sites for hydroxylation is 1. The van der Waals surface area contributed by atoms with E-state index in [2.05, 4.69) is 87.0 Å². The van der Waals surface area contributed by atoms with Crippen LogP contribution < -0.4 is 16.0 Å².